The van der Waals surface area contributed by atoms with E-state index in [2.05, 4.69) is 5.32 Å². The van der Waals surface area contributed by atoms with Crippen LogP contribution in [-0.2, 0) is 34.9 Å². The number of carbonyl (C=O) groups excluding carboxylic acids is 1. The molecule has 0 aliphatic carbocycles. The topological polar surface area (TPSA) is 66.4 Å². The number of carboxylic acids is 1. The average molecular weight is 419 g/mol. The van der Waals surface area contributed by atoms with E-state index in [1.165, 1.54) is 0 Å². The van der Waals surface area contributed by atoms with Gasteiger partial charge in [-0.1, -0.05) is 12.1 Å². The molecule has 0 saturated heterocycles. The fourth-order valence-electron chi connectivity index (χ4n) is 2.74. The van der Waals surface area contributed by atoms with Crippen molar-refractivity contribution >= 4 is 11.9 Å². The van der Waals surface area contributed by atoms with Crippen molar-refractivity contribution in [3.63, 3.8) is 0 Å². The lowest BCUT2D eigenvalue weighted by atomic mass is 9.91. The van der Waals surface area contributed by atoms with Gasteiger partial charge in [-0.15, -0.1) is 0 Å². The first-order chi connectivity index (χ1) is 13.3. The predicted molar refractivity (Wildman–Crippen MR) is 90.7 cm³/mol. The molecule has 2 rings (SSSR count). The molecule has 0 saturated carbocycles. The smallest absolute Gasteiger partial charge is 0.417 e. The lowest BCUT2D eigenvalue weighted by molar-refractivity contribution is -0.138. The normalized spacial score (nSPS) is 12.0. The third-order valence-electron chi connectivity index (χ3n) is 4.00. The van der Waals surface area contributed by atoms with E-state index >= 15 is 0 Å². The minimum absolute atomic E-state index is 0.0471. The van der Waals surface area contributed by atoms with E-state index in [9.17, 15) is 35.9 Å². The molecule has 2 aromatic rings. The Morgan fingerprint density at radius 2 is 1.59 bits per heavy atom. The van der Waals surface area contributed by atoms with Crippen LogP contribution < -0.4 is 5.32 Å². The van der Waals surface area contributed by atoms with E-state index in [0.29, 0.717) is 18.2 Å². The maximum absolute atomic E-state index is 13.5. The number of carbonyl (C=O) groups is 2. The number of hydrogen-bond donors (Lipinski definition) is 2. The fraction of sp³-hybridized carbons (Fsp3) is 0.263. The van der Waals surface area contributed by atoms with Gasteiger partial charge in [0.15, 0.2) is 0 Å². The number of aliphatic carboxylic acids is 1. The predicted octanol–water partition coefficient (Wildman–Crippen LogP) is 4.65. The molecule has 1 amide bonds. The van der Waals surface area contributed by atoms with Crippen LogP contribution in [0.2, 0.25) is 0 Å². The molecule has 0 aliphatic rings. The number of rotatable bonds is 5. The summed E-state index contributed by atoms with van der Waals surface area (Å²) in [7, 11) is 0. The third-order valence-corrected chi connectivity index (χ3v) is 4.00. The van der Waals surface area contributed by atoms with Gasteiger partial charge in [0.05, 0.1) is 17.5 Å². The molecule has 4 nitrogen and oxygen atoms in total. The second kappa shape index (κ2) is 8.14. The summed E-state index contributed by atoms with van der Waals surface area (Å²) in [6.45, 7) is 0.678. The zero-order valence-corrected chi connectivity index (χ0v) is 14.9. The molecular formula is C19H15F6NO3. The monoisotopic (exact) mass is 419 g/mol. The highest BCUT2D eigenvalue weighted by Gasteiger charge is 2.35. The highest BCUT2D eigenvalue weighted by atomic mass is 19.4. The summed E-state index contributed by atoms with van der Waals surface area (Å²) in [6, 6.07) is 4.85. The van der Waals surface area contributed by atoms with E-state index in [4.69, 9.17) is 5.11 Å². The largest absolute Gasteiger partial charge is 0.481 e. The Hall–Kier alpha value is -3.04. The van der Waals surface area contributed by atoms with Gasteiger partial charge in [0, 0.05) is 13.5 Å². The van der Waals surface area contributed by atoms with Crippen LogP contribution in [0.3, 0.4) is 0 Å². The zero-order valence-electron chi connectivity index (χ0n) is 14.9. The zero-order chi connectivity index (χ0) is 22.0. The standard InChI is InChI=1S/C19H15F6NO3/c1-10(27)26-9-12-8-13(18(20,21)22)3-4-14(12)15-6-11(7-17(28)29)2-5-16(15)19(23,24)25/h2-6,8H,7,9H2,1H3,(H,26,27)(H,28,29). The molecule has 156 valence electrons. The summed E-state index contributed by atoms with van der Waals surface area (Å²) in [6.07, 6.45) is -10.1. The molecule has 0 fully saturated rings. The third kappa shape index (κ3) is 5.72. The van der Waals surface area contributed by atoms with E-state index in [0.717, 1.165) is 25.1 Å². The quantitative estimate of drug-likeness (QED) is 0.694. The number of carboxylic acid groups (broad SMARTS) is 1. The maximum atomic E-state index is 13.5. The number of alkyl halides is 6. The Bertz CT molecular complexity index is 935. The summed E-state index contributed by atoms with van der Waals surface area (Å²) in [5.41, 5.74) is -3.01. The molecule has 0 aliphatic heterocycles. The second-order valence-corrected chi connectivity index (χ2v) is 6.23. The van der Waals surface area contributed by atoms with Gasteiger partial charge >= 0.3 is 18.3 Å². The SMILES string of the molecule is CC(=O)NCc1cc(C(F)(F)F)ccc1-c1cc(CC(=O)O)ccc1C(F)(F)F. The Balaban J connectivity index is 2.72. The molecule has 0 heterocycles. The molecule has 0 spiro atoms. The molecule has 2 N–H and O–H groups in total. The van der Waals surface area contributed by atoms with Crippen molar-refractivity contribution < 1.29 is 41.0 Å². The van der Waals surface area contributed by atoms with Crippen molar-refractivity contribution in [1.82, 2.24) is 5.32 Å². The van der Waals surface area contributed by atoms with Gasteiger partial charge in [-0.3, -0.25) is 9.59 Å². The van der Waals surface area contributed by atoms with Gasteiger partial charge in [0.1, 0.15) is 0 Å². The first-order valence-electron chi connectivity index (χ1n) is 8.16. The second-order valence-electron chi connectivity index (χ2n) is 6.23. The number of halogens is 6. The first kappa shape index (κ1) is 22.3. The van der Waals surface area contributed by atoms with Crippen molar-refractivity contribution in [2.45, 2.75) is 32.2 Å². The number of hydrogen-bond acceptors (Lipinski definition) is 2. The van der Waals surface area contributed by atoms with Crippen LogP contribution in [0.1, 0.15) is 29.2 Å². The molecule has 10 heteroatoms. The number of amides is 1. The summed E-state index contributed by atoms with van der Waals surface area (Å²) >= 11 is 0. The Labute approximate surface area is 161 Å². The molecule has 0 bridgehead atoms. The Kier molecular flexibility index (Phi) is 6.24. The lowest BCUT2D eigenvalue weighted by Gasteiger charge is -2.19. The highest BCUT2D eigenvalue weighted by molar-refractivity contribution is 5.77. The first-order valence-corrected chi connectivity index (χ1v) is 8.16. The molecule has 0 atom stereocenters. The van der Waals surface area contributed by atoms with E-state index in [1.807, 2.05) is 0 Å². The van der Waals surface area contributed by atoms with Gasteiger partial charge in [-0.05, 0) is 46.5 Å². The molecular weight excluding hydrogens is 404 g/mol. The highest BCUT2D eigenvalue weighted by Crippen LogP contribution is 2.40. The Morgan fingerprint density at radius 1 is 0.931 bits per heavy atom. The van der Waals surface area contributed by atoms with Crippen LogP contribution in [0.5, 0.6) is 0 Å². The van der Waals surface area contributed by atoms with Crippen LogP contribution >= 0.6 is 0 Å². The molecule has 0 unspecified atom stereocenters. The number of nitrogens with one attached hydrogen (secondary N) is 1. The van der Waals surface area contributed by atoms with Gasteiger partial charge in [0.2, 0.25) is 5.91 Å². The van der Waals surface area contributed by atoms with Gasteiger partial charge in [0.25, 0.3) is 0 Å². The summed E-state index contributed by atoms with van der Waals surface area (Å²) in [5, 5.41) is 11.2. The van der Waals surface area contributed by atoms with Crippen LogP contribution in [0.25, 0.3) is 11.1 Å². The number of benzene rings is 2. The molecule has 0 radical (unpaired) electrons. The molecule has 29 heavy (non-hydrogen) atoms. The van der Waals surface area contributed by atoms with Crippen LogP contribution in [0, 0.1) is 0 Å². The van der Waals surface area contributed by atoms with Crippen LogP contribution in [-0.4, -0.2) is 17.0 Å². The van der Waals surface area contributed by atoms with Gasteiger partial charge < -0.3 is 10.4 Å². The van der Waals surface area contributed by atoms with Gasteiger partial charge in [-0.25, -0.2) is 0 Å². The molecule has 2 aromatic carbocycles. The summed E-state index contributed by atoms with van der Waals surface area (Å²) in [4.78, 5) is 22.1. The minimum atomic E-state index is -4.83. The van der Waals surface area contributed by atoms with Gasteiger partial charge in [-0.2, -0.15) is 26.3 Å². The maximum Gasteiger partial charge on any atom is 0.417 e. The summed E-state index contributed by atoms with van der Waals surface area (Å²) < 4.78 is 79.6. The van der Waals surface area contributed by atoms with Crippen molar-refractivity contribution in [2.75, 3.05) is 0 Å². The van der Waals surface area contributed by atoms with Crippen LogP contribution in [0.4, 0.5) is 26.3 Å². The lowest BCUT2D eigenvalue weighted by Crippen LogP contribution is -2.20. The average Bonchev–Trinajstić information content (AvgIpc) is 2.57. The van der Waals surface area contributed by atoms with E-state index < -0.39 is 53.9 Å². The van der Waals surface area contributed by atoms with E-state index in [1.54, 1.807) is 0 Å². The van der Waals surface area contributed by atoms with Crippen molar-refractivity contribution in [2.24, 2.45) is 0 Å². The minimum Gasteiger partial charge on any atom is -0.481 e. The van der Waals surface area contributed by atoms with Crippen molar-refractivity contribution in [3.05, 3.63) is 58.7 Å². The fourth-order valence-corrected chi connectivity index (χ4v) is 2.74. The Morgan fingerprint density at radius 3 is 2.10 bits per heavy atom. The van der Waals surface area contributed by atoms with Crippen molar-refractivity contribution in [3.8, 4) is 11.1 Å². The summed E-state index contributed by atoms with van der Waals surface area (Å²) in [5.74, 6) is -1.86. The van der Waals surface area contributed by atoms with Crippen LogP contribution in [0.15, 0.2) is 36.4 Å². The molecule has 0 aromatic heterocycles. The van der Waals surface area contributed by atoms with E-state index in [-0.39, 0.29) is 16.7 Å². The van der Waals surface area contributed by atoms with Crippen molar-refractivity contribution in [1.29, 1.82) is 0 Å².